The summed E-state index contributed by atoms with van der Waals surface area (Å²) in [5, 5.41) is 61.1. The number of nitrogens with zero attached hydrogens (tertiary/aromatic N) is 2. The summed E-state index contributed by atoms with van der Waals surface area (Å²) in [6, 6.07) is 19.2. The minimum absolute atomic E-state index is 0. The molecule has 0 unspecified atom stereocenters. The van der Waals surface area contributed by atoms with Crippen LogP contribution in [0.25, 0.3) is 162 Å². The molecule has 7 heteroatoms. The summed E-state index contributed by atoms with van der Waals surface area (Å²) in [6.07, 6.45) is -0.0128. The van der Waals surface area contributed by atoms with Crippen LogP contribution in [0.2, 0.25) is 0 Å². The first kappa shape index (κ1) is 30.2. The van der Waals surface area contributed by atoms with Gasteiger partial charge in [-0.1, -0.05) is 48.5 Å². The Balaban J connectivity index is 0.00000312. The van der Waals surface area contributed by atoms with Crippen LogP contribution in [0, 0.1) is 0 Å². The van der Waals surface area contributed by atoms with Crippen LogP contribution < -0.4 is 16.8 Å². The Bertz CT molecular complexity index is 4130. The van der Waals surface area contributed by atoms with Gasteiger partial charge in [0.1, 0.15) is 11.6 Å². The molecule has 1 atom stereocenters. The van der Waals surface area contributed by atoms with E-state index in [1.54, 1.807) is 0 Å². The number of nitrogens with one attached hydrogen (secondary N) is 2. The largest absolute Gasteiger partial charge is 0.377 e. The number of aliphatic hydroxyl groups is 1. The van der Waals surface area contributed by atoms with Crippen molar-refractivity contribution in [2.75, 3.05) is 53.4 Å². The molecule has 7 nitrogen and oxygen atoms in total. The number of aliphatic hydroxyl groups excluding tert-OH is 1. The van der Waals surface area contributed by atoms with Crippen molar-refractivity contribution >= 4 is 167 Å². The molecule has 1 spiro atoms. The highest BCUT2D eigenvalue weighted by molar-refractivity contribution is 6.71. The first-order valence-corrected chi connectivity index (χ1v) is 21.3. The Morgan fingerprint density at radius 3 is 1.17 bits per heavy atom. The van der Waals surface area contributed by atoms with E-state index in [0.29, 0.717) is 13.1 Å². The zero-order valence-corrected chi connectivity index (χ0v) is 32.6. The maximum Gasteiger partial charge on any atom is 0.239 e. The Labute approximate surface area is 333 Å². The van der Waals surface area contributed by atoms with Crippen molar-refractivity contribution in [3.05, 3.63) is 59.7 Å². The molecule has 59 heavy (non-hydrogen) atoms. The molecule has 1 fully saturated rings. The van der Waals surface area contributed by atoms with Crippen LogP contribution in [0.3, 0.4) is 0 Å². The summed E-state index contributed by atoms with van der Waals surface area (Å²) in [5.74, 6) is -0.0848. The van der Waals surface area contributed by atoms with Crippen molar-refractivity contribution in [2.45, 2.75) is 18.1 Å². The first-order chi connectivity index (χ1) is 28.5. The summed E-state index contributed by atoms with van der Waals surface area (Å²) in [6.45, 7) is 4.66. The van der Waals surface area contributed by atoms with Gasteiger partial charge < -0.3 is 26.4 Å². The van der Waals surface area contributed by atoms with Gasteiger partial charge in [-0.15, -0.1) is 0 Å². The van der Waals surface area contributed by atoms with E-state index in [1.807, 2.05) is 0 Å². The number of rotatable bonds is 0. The third-order valence-corrected chi connectivity index (χ3v) is 16.9. The van der Waals surface area contributed by atoms with Crippen molar-refractivity contribution < 1.29 is 9.90 Å². The Hall–Kier alpha value is -5.93. The molecule has 16 aromatic carbocycles. The van der Waals surface area contributed by atoms with Gasteiger partial charge in [-0.3, -0.25) is 10.1 Å². The second-order valence-corrected chi connectivity index (χ2v) is 19.0. The summed E-state index contributed by atoms with van der Waals surface area (Å²) >= 11 is 0. The van der Waals surface area contributed by atoms with E-state index in [4.69, 9.17) is 0 Å². The number of fused-ring (bicyclic) bond motifs is 10. The van der Waals surface area contributed by atoms with Crippen LogP contribution in [0.15, 0.2) is 48.5 Å². The molecule has 2 aliphatic rings. The molecule has 1 aliphatic heterocycles. The van der Waals surface area contributed by atoms with Crippen LogP contribution in [-0.2, 0) is 10.2 Å². The number of benzene rings is 10. The molecule has 1 heterocycles. The Morgan fingerprint density at radius 2 is 0.763 bits per heavy atom. The minimum atomic E-state index is -1.22. The molecule has 0 radical (unpaired) electrons. The summed E-state index contributed by atoms with van der Waals surface area (Å²) < 4.78 is 0. The molecule has 0 saturated carbocycles. The average Bonchev–Trinajstić information content (AvgIpc) is 3.80. The predicted octanol–water partition coefficient (Wildman–Crippen LogP) is 9.73. The zero-order chi connectivity index (χ0) is 37.3. The van der Waals surface area contributed by atoms with Crippen LogP contribution in [0.1, 0.15) is 17.5 Å². The maximum atomic E-state index is 15.4. The second kappa shape index (κ2) is 8.68. The normalized spacial score (nSPS) is 20.5. The Kier molecular flexibility index (Phi) is 4.44. The standard InChI is InChI=1S/C52H32N4O2.H3N/c1-55-14-3-15-56(2)17-13-54-51(58)52(50(57)53-12-16-55)48-34-24-10-8-22-20-6-4-18-19-5-7-21-23-9-11-25-33-31(23)38-29(21)27(19)36-26(18)28(20)37-30(22)32(24)39-41(34)42(35(25)49(48)52)40(33)47-45(38)43(36)44(37)46(39)47;/h4-11,50,53,57H,3,12-17H2,1-2H3,(H,54,58);1H3/t50-;/m0./s1. The average molecular weight is 762 g/mol. The molecule has 6 N–H and O–H groups in total. The predicted molar refractivity (Wildman–Crippen MR) is 247 cm³/mol. The fourth-order valence-corrected chi connectivity index (χ4v) is 15.0. The van der Waals surface area contributed by atoms with Crippen molar-refractivity contribution in [2.24, 2.45) is 0 Å². The number of carbonyl (C=O) groups is 1. The number of likely N-dealkylation sites (N-methyl/N-ethyl adjacent to an activating group) is 2. The van der Waals surface area contributed by atoms with Gasteiger partial charge in [-0.25, -0.2) is 0 Å². The fourth-order valence-electron chi connectivity index (χ4n) is 15.0. The van der Waals surface area contributed by atoms with Crippen molar-refractivity contribution in [3.8, 4) is 0 Å². The zero-order valence-electron chi connectivity index (χ0n) is 32.6. The van der Waals surface area contributed by atoms with Gasteiger partial charge in [0.2, 0.25) is 5.91 Å². The van der Waals surface area contributed by atoms with Crippen LogP contribution in [0.5, 0.6) is 0 Å². The smallest absolute Gasteiger partial charge is 0.239 e. The van der Waals surface area contributed by atoms with Gasteiger partial charge in [0, 0.05) is 26.2 Å². The van der Waals surface area contributed by atoms with E-state index in [9.17, 15) is 5.11 Å². The third kappa shape index (κ3) is 2.55. The summed E-state index contributed by atoms with van der Waals surface area (Å²) in [5.41, 5.74) is 0.846. The van der Waals surface area contributed by atoms with Gasteiger partial charge in [-0.05, 0) is 206 Å². The highest BCUT2D eigenvalue weighted by Gasteiger charge is 2.65. The van der Waals surface area contributed by atoms with E-state index >= 15 is 4.79 Å². The van der Waals surface area contributed by atoms with E-state index in [-0.39, 0.29) is 12.1 Å². The van der Waals surface area contributed by atoms with E-state index in [1.165, 1.54) is 162 Å². The summed E-state index contributed by atoms with van der Waals surface area (Å²) in [7, 11) is 4.31. The topological polar surface area (TPSA) is 103 Å². The summed E-state index contributed by atoms with van der Waals surface area (Å²) in [4.78, 5) is 20.0. The number of carbonyl (C=O) groups excluding carboxylic acids is 1. The minimum Gasteiger partial charge on any atom is -0.377 e. The van der Waals surface area contributed by atoms with Crippen molar-refractivity contribution in [1.82, 2.24) is 26.6 Å². The molecule has 280 valence electrons. The molecule has 1 aliphatic carbocycles. The van der Waals surface area contributed by atoms with Gasteiger partial charge in [0.25, 0.3) is 0 Å². The van der Waals surface area contributed by atoms with Gasteiger partial charge in [0.15, 0.2) is 0 Å². The molecule has 1 saturated heterocycles. The number of hydrogen-bond donors (Lipinski definition) is 4. The lowest BCUT2D eigenvalue weighted by Gasteiger charge is -2.27. The molecule has 1 amide bonds. The highest BCUT2D eigenvalue weighted by Crippen LogP contribution is 2.72. The van der Waals surface area contributed by atoms with E-state index in [0.717, 1.165) is 43.7 Å². The maximum absolute atomic E-state index is 15.4. The van der Waals surface area contributed by atoms with Crippen LogP contribution in [0.4, 0.5) is 0 Å². The quantitative estimate of drug-likeness (QED) is 0.115. The molecular formula is C52H35N5O2. The Morgan fingerprint density at radius 1 is 0.458 bits per heavy atom. The second-order valence-electron chi connectivity index (χ2n) is 19.0. The van der Waals surface area contributed by atoms with Crippen molar-refractivity contribution in [1.29, 1.82) is 0 Å². The van der Waals surface area contributed by atoms with Gasteiger partial charge >= 0.3 is 0 Å². The highest BCUT2D eigenvalue weighted by atomic mass is 16.3. The third-order valence-electron chi connectivity index (χ3n) is 16.9. The molecule has 0 aromatic heterocycles. The van der Waals surface area contributed by atoms with Crippen LogP contribution in [-0.4, -0.2) is 80.4 Å². The molecule has 16 aromatic rings. The monoisotopic (exact) mass is 761 g/mol. The van der Waals surface area contributed by atoms with E-state index < -0.39 is 11.6 Å². The molecule has 0 bridgehead atoms. The van der Waals surface area contributed by atoms with E-state index in [2.05, 4.69) is 83.1 Å². The van der Waals surface area contributed by atoms with Crippen LogP contribution >= 0.6 is 0 Å². The van der Waals surface area contributed by atoms with Gasteiger partial charge in [-0.2, -0.15) is 0 Å². The lowest BCUT2D eigenvalue weighted by molar-refractivity contribution is -0.127. The molecule has 18 rings (SSSR count). The fraction of sp³-hybridized carbons (Fsp3) is 0.212. The number of hydrogen-bond acceptors (Lipinski definition) is 6. The lowest BCUT2D eigenvalue weighted by Crippen LogP contribution is -2.52. The first-order valence-electron chi connectivity index (χ1n) is 21.3. The van der Waals surface area contributed by atoms with Crippen molar-refractivity contribution in [3.63, 3.8) is 0 Å². The molecular weight excluding hydrogens is 727 g/mol. The number of amides is 1. The SMILES string of the molecule is CN1CCCN(C)CCN[C@@H](O)C2(C(=O)NCC1)c1c2c2c3ccc4c5ccc6c7ccc8c9ccc%10c1c1c2c2c3c4c3c5c6c4c7c8c5c9c%10c1c1c5c4c3c21.N. The lowest BCUT2D eigenvalue weighted by atomic mass is 9.90. The van der Waals surface area contributed by atoms with Gasteiger partial charge in [0.05, 0.1) is 0 Å².